The molecule has 27 heavy (non-hydrogen) atoms. The van der Waals surface area contributed by atoms with Crippen molar-refractivity contribution in [3.8, 4) is 0 Å². The first kappa shape index (κ1) is 21.7. The Bertz CT molecular complexity index is 573. The first-order chi connectivity index (χ1) is 13.2. The number of aryl methyl sites for hydroxylation is 2. The molecule has 0 radical (unpaired) electrons. The van der Waals surface area contributed by atoms with Crippen LogP contribution < -0.4 is 10.6 Å². The molecule has 1 aromatic heterocycles. The Balaban J connectivity index is 1.86. The molecule has 0 spiro atoms. The number of hydrogen-bond donors (Lipinski definition) is 2. The van der Waals surface area contributed by atoms with Crippen LogP contribution in [0.4, 0.5) is 0 Å². The van der Waals surface area contributed by atoms with Crippen molar-refractivity contribution in [1.29, 1.82) is 0 Å². The van der Waals surface area contributed by atoms with Crippen molar-refractivity contribution in [3.05, 3.63) is 17.0 Å². The number of nitrogens with one attached hydrogen (secondary N) is 2. The standard InChI is InChI=1S/C21H39N5O/c1-5-19-18(20(6-2)26(4)25-19)16-24-21(22-7-3)23-14-15-27-17-12-10-8-9-11-13-17/h17H,5-16H2,1-4H3,(H2,22,23,24). The highest BCUT2D eigenvalue weighted by atomic mass is 16.5. The maximum absolute atomic E-state index is 6.07. The zero-order chi connectivity index (χ0) is 19.5. The van der Waals surface area contributed by atoms with Gasteiger partial charge in [-0.1, -0.05) is 39.5 Å². The van der Waals surface area contributed by atoms with E-state index >= 15 is 0 Å². The normalized spacial score (nSPS) is 16.4. The van der Waals surface area contributed by atoms with Crippen LogP contribution in [0.15, 0.2) is 4.99 Å². The van der Waals surface area contributed by atoms with Crippen molar-refractivity contribution in [3.63, 3.8) is 0 Å². The lowest BCUT2D eigenvalue weighted by atomic mass is 10.1. The fourth-order valence-corrected chi connectivity index (χ4v) is 3.88. The largest absolute Gasteiger partial charge is 0.376 e. The summed E-state index contributed by atoms with van der Waals surface area (Å²) in [5.41, 5.74) is 3.71. The highest BCUT2D eigenvalue weighted by molar-refractivity contribution is 5.79. The number of hydrogen-bond acceptors (Lipinski definition) is 3. The molecule has 0 bridgehead atoms. The minimum absolute atomic E-state index is 0.448. The van der Waals surface area contributed by atoms with Gasteiger partial charge in [-0.25, -0.2) is 4.99 Å². The minimum atomic E-state index is 0.448. The van der Waals surface area contributed by atoms with Gasteiger partial charge in [0.15, 0.2) is 5.96 Å². The third-order valence-electron chi connectivity index (χ3n) is 5.32. The molecule has 6 heteroatoms. The summed E-state index contributed by atoms with van der Waals surface area (Å²) < 4.78 is 8.08. The summed E-state index contributed by atoms with van der Waals surface area (Å²) in [7, 11) is 2.03. The number of ether oxygens (including phenoxy) is 1. The maximum atomic E-state index is 6.07. The van der Waals surface area contributed by atoms with Gasteiger partial charge in [-0.2, -0.15) is 5.10 Å². The average Bonchev–Trinajstić information content (AvgIpc) is 2.83. The number of rotatable bonds is 9. The van der Waals surface area contributed by atoms with Crippen molar-refractivity contribution in [2.45, 2.75) is 84.8 Å². The molecule has 1 aliphatic rings. The van der Waals surface area contributed by atoms with Crippen molar-refractivity contribution in [2.75, 3.05) is 19.7 Å². The van der Waals surface area contributed by atoms with Crippen LogP contribution in [0.2, 0.25) is 0 Å². The second-order valence-corrected chi connectivity index (χ2v) is 7.31. The highest BCUT2D eigenvalue weighted by Crippen LogP contribution is 2.19. The molecule has 1 aliphatic carbocycles. The topological polar surface area (TPSA) is 63.5 Å². The van der Waals surface area contributed by atoms with Gasteiger partial charge in [0.1, 0.15) is 0 Å². The predicted molar refractivity (Wildman–Crippen MR) is 112 cm³/mol. The number of guanidine groups is 1. The third-order valence-corrected chi connectivity index (χ3v) is 5.32. The summed E-state index contributed by atoms with van der Waals surface area (Å²) in [5.74, 6) is 0.856. The minimum Gasteiger partial charge on any atom is -0.376 e. The van der Waals surface area contributed by atoms with Gasteiger partial charge < -0.3 is 15.4 Å². The highest BCUT2D eigenvalue weighted by Gasteiger charge is 2.14. The van der Waals surface area contributed by atoms with Crippen LogP contribution in [-0.2, 0) is 31.2 Å². The lowest BCUT2D eigenvalue weighted by Crippen LogP contribution is -2.39. The Morgan fingerprint density at radius 1 is 1.11 bits per heavy atom. The van der Waals surface area contributed by atoms with E-state index in [4.69, 9.17) is 9.73 Å². The molecule has 1 heterocycles. The fraction of sp³-hybridized carbons (Fsp3) is 0.810. The quantitative estimate of drug-likeness (QED) is 0.300. The van der Waals surface area contributed by atoms with E-state index in [1.807, 2.05) is 11.7 Å². The van der Waals surface area contributed by atoms with Crippen molar-refractivity contribution >= 4 is 5.96 Å². The van der Waals surface area contributed by atoms with Gasteiger partial charge in [0.2, 0.25) is 0 Å². The van der Waals surface area contributed by atoms with Crippen LogP contribution >= 0.6 is 0 Å². The monoisotopic (exact) mass is 377 g/mol. The van der Waals surface area contributed by atoms with Crippen LogP contribution in [0.1, 0.15) is 76.2 Å². The third kappa shape index (κ3) is 6.83. The molecule has 1 fully saturated rings. The van der Waals surface area contributed by atoms with E-state index in [0.29, 0.717) is 12.6 Å². The molecule has 2 rings (SSSR count). The molecule has 0 saturated heterocycles. The van der Waals surface area contributed by atoms with E-state index in [2.05, 4.69) is 36.5 Å². The second kappa shape index (κ2) is 12.0. The van der Waals surface area contributed by atoms with Crippen molar-refractivity contribution in [1.82, 2.24) is 20.4 Å². The van der Waals surface area contributed by atoms with Gasteiger partial charge in [-0.3, -0.25) is 4.68 Å². The maximum Gasteiger partial charge on any atom is 0.191 e. The van der Waals surface area contributed by atoms with Crippen molar-refractivity contribution in [2.24, 2.45) is 12.0 Å². The molecule has 154 valence electrons. The Morgan fingerprint density at radius 3 is 2.48 bits per heavy atom. The zero-order valence-electron chi connectivity index (χ0n) is 17.8. The van der Waals surface area contributed by atoms with Gasteiger partial charge in [0.25, 0.3) is 0 Å². The average molecular weight is 378 g/mol. The second-order valence-electron chi connectivity index (χ2n) is 7.31. The van der Waals surface area contributed by atoms with E-state index in [1.165, 1.54) is 49.8 Å². The zero-order valence-corrected chi connectivity index (χ0v) is 17.8. The molecular weight excluding hydrogens is 338 g/mol. The Labute approximate surface area is 165 Å². The van der Waals surface area contributed by atoms with Gasteiger partial charge >= 0.3 is 0 Å². The van der Waals surface area contributed by atoms with E-state index < -0.39 is 0 Å². The summed E-state index contributed by atoms with van der Waals surface area (Å²) in [5, 5.41) is 11.4. The lowest BCUT2D eigenvalue weighted by Gasteiger charge is -2.16. The molecule has 0 atom stereocenters. The number of aromatic nitrogens is 2. The molecule has 0 aliphatic heterocycles. The van der Waals surface area contributed by atoms with Gasteiger partial charge in [0.05, 0.1) is 24.9 Å². The molecule has 2 N–H and O–H groups in total. The predicted octanol–water partition coefficient (Wildman–Crippen LogP) is 3.34. The van der Waals surface area contributed by atoms with E-state index in [9.17, 15) is 0 Å². The lowest BCUT2D eigenvalue weighted by molar-refractivity contribution is 0.0468. The van der Waals surface area contributed by atoms with Crippen LogP contribution in [0.5, 0.6) is 0 Å². The SMILES string of the molecule is CCNC(=NCc1c(CC)nn(C)c1CC)NCCOC1CCCCCC1. The molecule has 1 aromatic rings. The summed E-state index contributed by atoms with van der Waals surface area (Å²) in [6.07, 6.45) is 10.2. The molecule has 0 amide bonds. The van der Waals surface area contributed by atoms with Crippen LogP contribution in [-0.4, -0.2) is 41.5 Å². The Hall–Kier alpha value is -1.56. The van der Waals surface area contributed by atoms with Crippen molar-refractivity contribution < 1.29 is 4.74 Å². The number of nitrogens with zero attached hydrogens (tertiary/aromatic N) is 3. The Morgan fingerprint density at radius 2 is 1.85 bits per heavy atom. The smallest absolute Gasteiger partial charge is 0.191 e. The van der Waals surface area contributed by atoms with Gasteiger partial charge in [0, 0.05) is 31.4 Å². The van der Waals surface area contributed by atoms with Gasteiger partial charge in [-0.15, -0.1) is 0 Å². The summed E-state index contributed by atoms with van der Waals surface area (Å²) in [6.45, 7) is 9.47. The fourth-order valence-electron chi connectivity index (χ4n) is 3.88. The molecule has 0 aromatic carbocycles. The number of aliphatic imine (C=N–C) groups is 1. The van der Waals surface area contributed by atoms with E-state index in [1.54, 1.807) is 0 Å². The van der Waals surface area contributed by atoms with E-state index in [-0.39, 0.29) is 0 Å². The Kier molecular flexibility index (Phi) is 9.67. The van der Waals surface area contributed by atoms with Crippen LogP contribution in [0.3, 0.4) is 0 Å². The first-order valence-corrected chi connectivity index (χ1v) is 10.9. The molecular formula is C21H39N5O. The first-order valence-electron chi connectivity index (χ1n) is 10.9. The summed E-state index contributed by atoms with van der Waals surface area (Å²) in [4.78, 5) is 4.80. The molecule has 0 unspecified atom stereocenters. The van der Waals surface area contributed by atoms with Gasteiger partial charge in [-0.05, 0) is 32.6 Å². The van der Waals surface area contributed by atoms with Crippen LogP contribution in [0.25, 0.3) is 0 Å². The van der Waals surface area contributed by atoms with Crippen LogP contribution in [0, 0.1) is 0 Å². The van der Waals surface area contributed by atoms with E-state index in [0.717, 1.165) is 44.2 Å². The summed E-state index contributed by atoms with van der Waals surface area (Å²) >= 11 is 0. The molecule has 6 nitrogen and oxygen atoms in total. The molecule has 1 saturated carbocycles. The summed E-state index contributed by atoms with van der Waals surface area (Å²) in [6, 6.07) is 0.